The maximum atomic E-state index is 12.4. The number of aromatic nitrogens is 2. The fourth-order valence-electron chi connectivity index (χ4n) is 1.71. The summed E-state index contributed by atoms with van der Waals surface area (Å²) in [5.41, 5.74) is 1.37. The van der Waals surface area contributed by atoms with E-state index in [0.29, 0.717) is 10.2 Å². The summed E-state index contributed by atoms with van der Waals surface area (Å²) < 4.78 is 33.0. The van der Waals surface area contributed by atoms with E-state index < -0.39 is 10.0 Å². The Bertz CT molecular complexity index is 750. The van der Waals surface area contributed by atoms with Gasteiger partial charge in [0, 0.05) is 10.2 Å². The summed E-state index contributed by atoms with van der Waals surface area (Å²) in [7, 11) is -2.28. The average Bonchev–Trinajstić information content (AvgIpc) is 2.45. The molecule has 0 saturated carbocycles. The Morgan fingerprint density at radius 3 is 2.71 bits per heavy atom. The standard InChI is InChI=1S/C13H14BrN3O3S/c1-9-5-11(16-8-15-9)7-17-21(18,19)13-6-10(14)3-4-12(13)20-2/h3-6,8,17H,7H2,1-2H3. The Hall–Kier alpha value is -1.51. The van der Waals surface area contributed by atoms with Crippen molar-refractivity contribution in [2.24, 2.45) is 0 Å². The van der Waals surface area contributed by atoms with Crippen LogP contribution in [0.25, 0.3) is 0 Å². The highest BCUT2D eigenvalue weighted by Crippen LogP contribution is 2.27. The van der Waals surface area contributed by atoms with Crippen LogP contribution in [0.15, 0.2) is 40.0 Å². The van der Waals surface area contributed by atoms with Crippen molar-refractivity contribution < 1.29 is 13.2 Å². The van der Waals surface area contributed by atoms with Crippen LogP contribution in [0, 0.1) is 6.92 Å². The zero-order valence-corrected chi connectivity index (χ0v) is 13.9. The van der Waals surface area contributed by atoms with Gasteiger partial charge < -0.3 is 4.74 Å². The topological polar surface area (TPSA) is 81.2 Å². The number of ether oxygens (including phenoxy) is 1. The van der Waals surface area contributed by atoms with Crippen molar-refractivity contribution in [2.75, 3.05) is 7.11 Å². The third-order valence-corrected chi connectivity index (χ3v) is 4.63. The molecule has 1 aromatic carbocycles. The van der Waals surface area contributed by atoms with E-state index >= 15 is 0 Å². The molecule has 2 rings (SSSR count). The molecule has 0 atom stereocenters. The van der Waals surface area contributed by atoms with Crippen LogP contribution in [0.3, 0.4) is 0 Å². The van der Waals surface area contributed by atoms with E-state index in [9.17, 15) is 8.42 Å². The molecule has 0 unspecified atom stereocenters. The quantitative estimate of drug-likeness (QED) is 0.869. The molecule has 8 heteroatoms. The minimum atomic E-state index is -3.70. The number of sulfonamides is 1. The largest absolute Gasteiger partial charge is 0.495 e. The monoisotopic (exact) mass is 371 g/mol. The minimum Gasteiger partial charge on any atom is -0.495 e. The van der Waals surface area contributed by atoms with Crippen molar-refractivity contribution >= 4 is 26.0 Å². The summed E-state index contributed by atoms with van der Waals surface area (Å²) in [4.78, 5) is 8.06. The SMILES string of the molecule is COc1ccc(Br)cc1S(=O)(=O)NCc1cc(C)ncn1. The summed E-state index contributed by atoms with van der Waals surface area (Å²) in [5.74, 6) is 0.282. The molecule has 112 valence electrons. The maximum Gasteiger partial charge on any atom is 0.244 e. The van der Waals surface area contributed by atoms with Crippen molar-refractivity contribution in [2.45, 2.75) is 18.4 Å². The van der Waals surface area contributed by atoms with Gasteiger partial charge in [-0.3, -0.25) is 0 Å². The van der Waals surface area contributed by atoms with Gasteiger partial charge in [-0.15, -0.1) is 0 Å². The van der Waals surface area contributed by atoms with E-state index in [2.05, 4.69) is 30.6 Å². The van der Waals surface area contributed by atoms with Crippen LogP contribution in [0.2, 0.25) is 0 Å². The molecule has 0 radical (unpaired) electrons. The zero-order valence-electron chi connectivity index (χ0n) is 11.5. The molecule has 21 heavy (non-hydrogen) atoms. The molecule has 0 saturated heterocycles. The van der Waals surface area contributed by atoms with Gasteiger partial charge >= 0.3 is 0 Å². The number of halogens is 1. The van der Waals surface area contributed by atoms with Crippen LogP contribution in [-0.2, 0) is 16.6 Å². The predicted octanol–water partition coefficient (Wildman–Crippen LogP) is 2.03. The first-order valence-corrected chi connectivity index (χ1v) is 8.31. The van der Waals surface area contributed by atoms with E-state index in [-0.39, 0.29) is 17.2 Å². The molecule has 0 amide bonds. The molecule has 2 aromatic rings. The lowest BCUT2D eigenvalue weighted by atomic mass is 10.3. The maximum absolute atomic E-state index is 12.4. The van der Waals surface area contributed by atoms with Gasteiger partial charge in [0.2, 0.25) is 10.0 Å². The summed E-state index contributed by atoms with van der Waals surface area (Å²) in [6.45, 7) is 1.90. The minimum absolute atomic E-state index is 0.0742. The molecule has 1 aromatic heterocycles. The lowest BCUT2D eigenvalue weighted by Crippen LogP contribution is -2.24. The molecule has 0 bridgehead atoms. The van der Waals surface area contributed by atoms with Gasteiger partial charge in [-0.1, -0.05) is 15.9 Å². The summed E-state index contributed by atoms with van der Waals surface area (Å²) in [6, 6.07) is 6.52. The molecule has 0 spiro atoms. The highest BCUT2D eigenvalue weighted by molar-refractivity contribution is 9.10. The molecule has 0 aliphatic carbocycles. The number of hydrogen-bond acceptors (Lipinski definition) is 5. The van der Waals surface area contributed by atoms with E-state index in [1.165, 1.54) is 19.5 Å². The second-order valence-electron chi connectivity index (χ2n) is 4.27. The number of methoxy groups -OCH3 is 1. The Kier molecular flexibility index (Phi) is 4.92. The molecule has 0 aliphatic heterocycles. The number of hydrogen-bond donors (Lipinski definition) is 1. The van der Waals surface area contributed by atoms with Crippen molar-refractivity contribution in [3.8, 4) is 5.75 Å². The lowest BCUT2D eigenvalue weighted by Gasteiger charge is -2.11. The number of benzene rings is 1. The highest BCUT2D eigenvalue weighted by atomic mass is 79.9. The van der Waals surface area contributed by atoms with E-state index in [4.69, 9.17) is 4.74 Å². The van der Waals surface area contributed by atoms with Crippen molar-refractivity contribution in [3.05, 3.63) is 46.5 Å². The second kappa shape index (κ2) is 6.50. The van der Waals surface area contributed by atoms with Crippen LogP contribution >= 0.6 is 15.9 Å². The van der Waals surface area contributed by atoms with Crippen LogP contribution in [0.1, 0.15) is 11.4 Å². The predicted molar refractivity (Wildman–Crippen MR) is 81.5 cm³/mol. The summed E-state index contributed by atoms with van der Waals surface area (Å²) in [6.07, 6.45) is 1.40. The van der Waals surface area contributed by atoms with Gasteiger partial charge in [-0.05, 0) is 31.2 Å². The number of rotatable bonds is 5. The van der Waals surface area contributed by atoms with Gasteiger partial charge in [-0.2, -0.15) is 0 Å². The van der Waals surface area contributed by atoms with Gasteiger partial charge in [-0.25, -0.2) is 23.1 Å². The molecular weight excluding hydrogens is 358 g/mol. The Balaban J connectivity index is 2.24. The van der Waals surface area contributed by atoms with E-state index in [1.54, 1.807) is 18.2 Å². The van der Waals surface area contributed by atoms with Gasteiger partial charge in [0.25, 0.3) is 0 Å². The number of nitrogens with one attached hydrogen (secondary N) is 1. The average molecular weight is 372 g/mol. The van der Waals surface area contributed by atoms with Crippen molar-refractivity contribution in [1.29, 1.82) is 0 Å². The third kappa shape index (κ3) is 3.99. The Morgan fingerprint density at radius 1 is 1.29 bits per heavy atom. The van der Waals surface area contributed by atoms with Gasteiger partial charge in [0.05, 0.1) is 19.3 Å². The van der Waals surface area contributed by atoms with Gasteiger partial charge in [0.15, 0.2) is 0 Å². The molecule has 6 nitrogen and oxygen atoms in total. The fraction of sp³-hybridized carbons (Fsp3) is 0.231. The normalized spacial score (nSPS) is 11.4. The smallest absolute Gasteiger partial charge is 0.244 e. The number of aryl methyl sites for hydroxylation is 1. The third-order valence-electron chi connectivity index (χ3n) is 2.72. The summed E-state index contributed by atoms with van der Waals surface area (Å²) >= 11 is 3.26. The van der Waals surface area contributed by atoms with Crippen molar-refractivity contribution in [1.82, 2.24) is 14.7 Å². The highest BCUT2D eigenvalue weighted by Gasteiger charge is 2.19. The second-order valence-corrected chi connectivity index (χ2v) is 6.92. The van der Waals surface area contributed by atoms with Crippen LogP contribution in [0.5, 0.6) is 5.75 Å². The molecule has 0 aliphatic rings. The first kappa shape index (κ1) is 15.9. The first-order valence-electron chi connectivity index (χ1n) is 6.03. The fourth-order valence-corrected chi connectivity index (χ4v) is 3.42. The van der Waals surface area contributed by atoms with Crippen LogP contribution in [0.4, 0.5) is 0 Å². The van der Waals surface area contributed by atoms with E-state index in [1.807, 2.05) is 6.92 Å². The Labute approximate surface area is 131 Å². The Morgan fingerprint density at radius 2 is 2.05 bits per heavy atom. The lowest BCUT2D eigenvalue weighted by molar-refractivity contribution is 0.402. The van der Waals surface area contributed by atoms with Crippen LogP contribution < -0.4 is 9.46 Å². The van der Waals surface area contributed by atoms with Gasteiger partial charge in [0.1, 0.15) is 17.0 Å². The molecular formula is C13H14BrN3O3S. The number of nitrogens with zero attached hydrogens (tertiary/aromatic N) is 2. The van der Waals surface area contributed by atoms with E-state index in [0.717, 1.165) is 5.69 Å². The molecule has 1 heterocycles. The van der Waals surface area contributed by atoms with Crippen LogP contribution in [-0.4, -0.2) is 25.5 Å². The molecule has 0 fully saturated rings. The summed E-state index contributed by atoms with van der Waals surface area (Å²) in [5, 5.41) is 0. The van der Waals surface area contributed by atoms with Crippen molar-refractivity contribution in [3.63, 3.8) is 0 Å². The first-order chi connectivity index (χ1) is 9.92. The molecule has 1 N–H and O–H groups in total. The zero-order chi connectivity index (χ0) is 15.5.